The third-order valence-corrected chi connectivity index (χ3v) is 7.54. The zero-order chi connectivity index (χ0) is 30.4. The van der Waals surface area contributed by atoms with Gasteiger partial charge in [0, 0.05) is 19.3 Å². The van der Waals surface area contributed by atoms with Gasteiger partial charge in [0.15, 0.2) is 6.10 Å². The molecule has 6 nitrogen and oxygen atoms in total. The number of ether oxygens (including phenoxy) is 3. The number of hydrogen-bond acceptors (Lipinski definition) is 6. The molecule has 0 fully saturated rings. The van der Waals surface area contributed by atoms with Gasteiger partial charge in [0.25, 0.3) is 0 Å². The van der Waals surface area contributed by atoms with Gasteiger partial charge < -0.3 is 14.2 Å². The van der Waals surface area contributed by atoms with E-state index < -0.39 is 6.10 Å². The summed E-state index contributed by atoms with van der Waals surface area (Å²) in [5.41, 5.74) is 0. The maximum absolute atomic E-state index is 12.5. The molecule has 0 saturated heterocycles. The molecule has 0 saturated carbocycles. The van der Waals surface area contributed by atoms with Crippen LogP contribution in [0.3, 0.4) is 0 Å². The number of unbranched alkanes of at least 4 members (excludes halogenated alkanes) is 17. The number of esters is 3. The maximum Gasteiger partial charge on any atom is 0.306 e. The van der Waals surface area contributed by atoms with Crippen LogP contribution in [-0.2, 0) is 28.6 Å². The summed E-state index contributed by atoms with van der Waals surface area (Å²) >= 11 is 0. The van der Waals surface area contributed by atoms with E-state index in [-0.39, 0.29) is 31.1 Å². The van der Waals surface area contributed by atoms with E-state index >= 15 is 0 Å². The van der Waals surface area contributed by atoms with Crippen molar-refractivity contribution in [2.24, 2.45) is 5.92 Å². The fraction of sp³-hybridized carbons (Fsp3) is 0.914. The highest BCUT2D eigenvalue weighted by Crippen LogP contribution is 2.14. The molecule has 0 radical (unpaired) electrons. The lowest BCUT2D eigenvalue weighted by Crippen LogP contribution is -2.30. The Hall–Kier alpha value is -1.59. The second kappa shape index (κ2) is 29.9. The molecule has 0 aromatic heterocycles. The zero-order valence-electron chi connectivity index (χ0n) is 27.5. The van der Waals surface area contributed by atoms with Gasteiger partial charge in [-0.25, -0.2) is 0 Å². The minimum atomic E-state index is -0.755. The molecule has 0 aliphatic carbocycles. The Balaban J connectivity index is 4.33. The van der Waals surface area contributed by atoms with Crippen molar-refractivity contribution in [3.8, 4) is 0 Å². The van der Waals surface area contributed by atoms with Gasteiger partial charge in [-0.2, -0.15) is 0 Å². The first-order chi connectivity index (χ1) is 19.9. The highest BCUT2D eigenvalue weighted by molar-refractivity contribution is 5.71. The average Bonchev–Trinajstić information content (AvgIpc) is 2.94. The predicted octanol–water partition coefficient (Wildman–Crippen LogP) is 10.0. The van der Waals surface area contributed by atoms with E-state index in [0.29, 0.717) is 19.3 Å². The molecule has 0 unspecified atom stereocenters. The molecule has 0 bridgehead atoms. The van der Waals surface area contributed by atoms with Crippen molar-refractivity contribution < 1.29 is 28.6 Å². The van der Waals surface area contributed by atoms with Gasteiger partial charge >= 0.3 is 17.9 Å². The maximum atomic E-state index is 12.5. The van der Waals surface area contributed by atoms with E-state index in [1.54, 1.807) is 0 Å². The van der Waals surface area contributed by atoms with Crippen LogP contribution in [0.5, 0.6) is 0 Å². The predicted molar refractivity (Wildman–Crippen MR) is 169 cm³/mol. The Morgan fingerprint density at radius 3 is 1.20 bits per heavy atom. The van der Waals surface area contributed by atoms with Crippen molar-refractivity contribution >= 4 is 17.9 Å². The van der Waals surface area contributed by atoms with E-state index in [1.807, 2.05) is 0 Å². The summed E-state index contributed by atoms with van der Waals surface area (Å²) in [5.74, 6) is -0.132. The number of carbonyl (C=O) groups excluding carboxylic acids is 3. The molecule has 0 aliphatic rings. The van der Waals surface area contributed by atoms with Crippen LogP contribution in [-0.4, -0.2) is 37.2 Å². The summed E-state index contributed by atoms with van der Waals surface area (Å²) in [6.45, 7) is 8.77. The molecule has 0 aromatic carbocycles. The topological polar surface area (TPSA) is 78.9 Å². The van der Waals surface area contributed by atoms with Crippen LogP contribution in [0, 0.1) is 5.92 Å². The number of hydrogen-bond donors (Lipinski definition) is 0. The summed E-state index contributed by atoms with van der Waals surface area (Å²) in [7, 11) is 0. The Bertz CT molecular complexity index is 618. The lowest BCUT2D eigenvalue weighted by atomic mass is 10.0. The van der Waals surface area contributed by atoms with Gasteiger partial charge in [0.05, 0.1) is 0 Å². The Morgan fingerprint density at radius 1 is 0.463 bits per heavy atom. The van der Waals surface area contributed by atoms with Crippen LogP contribution >= 0.6 is 0 Å². The Morgan fingerprint density at radius 2 is 0.805 bits per heavy atom. The molecule has 6 heteroatoms. The summed E-state index contributed by atoms with van der Waals surface area (Å²) in [6.07, 6.45) is 24.2. The Labute approximate surface area is 253 Å². The fourth-order valence-electron chi connectivity index (χ4n) is 4.86. The molecule has 41 heavy (non-hydrogen) atoms. The van der Waals surface area contributed by atoms with Crippen LogP contribution < -0.4 is 0 Å². The molecule has 0 aliphatic heterocycles. The van der Waals surface area contributed by atoms with E-state index in [1.165, 1.54) is 70.6 Å². The van der Waals surface area contributed by atoms with Crippen molar-refractivity contribution in [3.63, 3.8) is 0 Å². The lowest BCUT2D eigenvalue weighted by molar-refractivity contribution is -0.167. The SMILES string of the molecule is CCCCCCCCCCCC(=O)OC[C@@H](COC(=O)CCCCCCC)OC(=O)CCCCCCCCC(C)C. The highest BCUT2D eigenvalue weighted by Gasteiger charge is 2.19. The zero-order valence-corrected chi connectivity index (χ0v) is 27.5. The van der Waals surface area contributed by atoms with Crippen molar-refractivity contribution in [2.45, 2.75) is 188 Å². The summed E-state index contributed by atoms with van der Waals surface area (Å²) < 4.78 is 16.4. The molecule has 0 N–H and O–H groups in total. The fourth-order valence-corrected chi connectivity index (χ4v) is 4.86. The third kappa shape index (κ3) is 29.7. The molecule has 0 amide bonds. The quantitative estimate of drug-likeness (QED) is 0.0476. The first-order valence-corrected chi connectivity index (χ1v) is 17.4. The summed E-state index contributed by atoms with van der Waals surface area (Å²) in [4.78, 5) is 37.0. The van der Waals surface area contributed by atoms with Gasteiger partial charge in [-0.15, -0.1) is 0 Å². The molecular weight excluding hydrogens is 516 g/mol. The van der Waals surface area contributed by atoms with Gasteiger partial charge in [-0.3, -0.25) is 14.4 Å². The molecular formula is C35H66O6. The molecule has 242 valence electrons. The van der Waals surface area contributed by atoms with E-state index in [9.17, 15) is 14.4 Å². The third-order valence-electron chi connectivity index (χ3n) is 7.54. The highest BCUT2D eigenvalue weighted by atomic mass is 16.6. The van der Waals surface area contributed by atoms with Gasteiger partial charge in [-0.1, -0.05) is 143 Å². The first kappa shape index (κ1) is 39.4. The minimum absolute atomic E-state index is 0.0678. The molecule has 0 aromatic rings. The lowest BCUT2D eigenvalue weighted by Gasteiger charge is -2.18. The number of carbonyl (C=O) groups is 3. The van der Waals surface area contributed by atoms with Crippen molar-refractivity contribution in [2.75, 3.05) is 13.2 Å². The van der Waals surface area contributed by atoms with Gasteiger partial charge in [0.1, 0.15) is 13.2 Å². The molecule has 0 spiro atoms. The van der Waals surface area contributed by atoms with Crippen LogP contribution in [0.2, 0.25) is 0 Å². The van der Waals surface area contributed by atoms with Crippen molar-refractivity contribution in [1.82, 2.24) is 0 Å². The van der Waals surface area contributed by atoms with E-state index in [4.69, 9.17) is 14.2 Å². The van der Waals surface area contributed by atoms with Crippen LogP contribution in [0.4, 0.5) is 0 Å². The standard InChI is InChI=1S/C35H66O6/c1-5-7-9-11-12-13-14-19-23-27-34(37)40-30-32(29-39-33(36)26-22-17-10-8-6-2)41-35(38)28-24-20-16-15-18-21-25-31(3)4/h31-32H,5-30H2,1-4H3/t32-/m1/s1. The second-order valence-corrected chi connectivity index (χ2v) is 12.3. The smallest absolute Gasteiger partial charge is 0.306 e. The normalized spacial score (nSPS) is 11.9. The number of rotatable bonds is 30. The van der Waals surface area contributed by atoms with E-state index in [0.717, 1.165) is 70.1 Å². The summed E-state index contributed by atoms with van der Waals surface area (Å²) in [5, 5.41) is 0. The average molecular weight is 583 g/mol. The second-order valence-electron chi connectivity index (χ2n) is 12.3. The first-order valence-electron chi connectivity index (χ1n) is 17.4. The van der Waals surface area contributed by atoms with E-state index in [2.05, 4.69) is 27.7 Å². The van der Waals surface area contributed by atoms with Gasteiger partial charge in [0.2, 0.25) is 0 Å². The van der Waals surface area contributed by atoms with Crippen LogP contribution in [0.15, 0.2) is 0 Å². The molecule has 0 rings (SSSR count). The largest absolute Gasteiger partial charge is 0.462 e. The van der Waals surface area contributed by atoms with Gasteiger partial charge in [-0.05, 0) is 25.2 Å². The summed E-state index contributed by atoms with van der Waals surface area (Å²) in [6, 6.07) is 0. The minimum Gasteiger partial charge on any atom is -0.462 e. The van der Waals surface area contributed by atoms with Crippen LogP contribution in [0.25, 0.3) is 0 Å². The Kier molecular flexibility index (Phi) is 28.7. The molecule has 0 heterocycles. The monoisotopic (exact) mass is 582 g/mol. The van der Waals surface area contributed by atoms with Crippen LogP contribution in [0.1, 0.15) is 182 Å². The van der Waals surface area contributed by atoms with Crippen molar-refractivity contribution in [3.05, 3.63) is 0 Å². The van der Waals surface area contributed by atoms with Crippen molar-refractivity contribution in [1.29, 1.82) is 0 Å². The molecule has 1 atom stereocenters.